The van der Waals surface area contributed by atoms with E-state index in [1.165, 1.54) is 18.2 Å². The molecule has 0 bridgehead atoms. The first-order chi connectivity index (χ1) is 16.9. The van der Waals surface area contributed by atoms with Crippen molar-refractivity contribution in [3.05, 3.63) is 83.0 Å². The molecular formula is C28H28ClN3O3. The van der Waals surface area contributed by atoms with Crippen molar-refractivity contribution in [1.82, 2.24) is 9.88 Å². The van der Waals surface area contributed by atoms with Crippen LogP contribution >= 0.6 is 11.6 Å². The van der Waals surface area contributed by atoms with Gasteiger partial charge in [-0.1, -0.05) is 35.9 Å². The summed E-state index contributed by atoms with van der Waals surface area (Å²) in [6.07, 6.45) is 0.319. The number of nitrogens with one attached hydrogen (secondary N) is 2. The molecule has 1 aliphatic heterocycles. The fourth-order valence-electron chi connectivity index (χ4n) is 4.66. The zero-order valence-electron chi connectivity index (χ0n) is 19.6. The molecule has 1 unspecified atom stereocenters. The molecule has 3 aromatic carbocycles. The number of rotatable bonds is 7. The van der Waals surface area contributed by atoms with Crippen LogP contribution < -0.4 is 10.1 Å². The van der Waals surface area contributed by atoms with Crippen molar-refractivity contribution in [2.45, 2.75) is 26.0 Å². The lowest BCUT2D eigenvalue weighted by atomic mass is 10.0. The van der Waals surface area contributed by atoms with E-state index in [1.54, 1.807) is 0 Å². The molecule has 1 amide bonds. The molecule has 1 aromatic heterocycles. The average Bonchev–Trinajstić information content (AvgIpc) is 3.20. The van der Waals surface area contributed by atoms with Gasteiger partial charge in [0.25, 0.3) is 0 Å². The van der Waals surface area contributed by atoms with Gasteiger partial charge in [0, 0.05) is 60.3 Å². The molecule has 3 N–H and O–H groups in total. The van der Waals surface area contributed by atoms with E-state index in [-0.39, 0.29) is 12.5 Å². The predicted octanol–water partition coefficient (Wildman–Crippen LogP) is 5.24. The average molecular weight is 490 g/mol. The van der Waals surface area contributed by atoms with E-state index in [0.29, 0.717) is 12.3 Å². The van der Waals surface area contributed by atoms with Crippen molar-refractivity contribution in [2.75, 3.05) is 25.0 Å². The van der Waals surface area contributed by atoms with Gasteiger partial charge in [-0.2, -0.15) is 0 Å². The van der Waals surface area contributed by atoms with Crippen LogP contribution in [0, 0.1) is 0 Å². The lowest BCUT2D eigenvalue weighted by molar-refractivity contribution is -0.114. The number of aromatic nitrogens is 1. The van der Waals surface area contributed by atoms with Gasteiger partial charge in [0.05, 0.1) is 0 Å². The van der Waals surface area contributed by atoms with Crippen LogP contribution in [0.2, 0.25) is 5.02 Å². The zero-order chi connectivity index (χ0) is 24.4. The van der Waals surface area contributed by atoms with Crippen molar-refractivity contribution >= 4 is 34.1 Å². The smallest absolute Gasteiger partial charge is 0.221 e. The topological polar surface area (TPSA) is 77.6 Å². The van der Waals surface area contributed by atoms with E-state index in [4.69, 9.17) is 16.3 Å². The number of H-pyrrole nitrogens is 1. The van der Waals surface area contributed by atoms with Crippen LogP contribution in [0.1, 0.15) is 18.2 Å². The van der Waals surface area contributed by atoms with Gasteiger partial charge in [-0.25, -0.2) is 0 Å². The molecule has 4 aromatic rings. The van der Waals surface area contributed by atoms with E-state index in [0.717, 1.165) is 52.3 Å². The number of fused-ring (bicyclic) bond motifs is 3. The standard InChI is InChI=1S/C28H28ClN3O3/c1-18(33)30-22-4-2-3-20(13-22)19-5-8-24(9-6-19)35-17-23(34)15-32-12-11-28-26(16-32)25-14-21(29)7-10-27(25)31-28/h2-10,13-14,23,31,34H,11-12,15-17H2,1H3,(H,30,33). The Labute approximate surface area is 209 Å². The fraction of sp³-hybridized carbons (Fsp3) is 0.250. The lowest BCUT2D eigenvalue weighted by Gasteiger charge is -2.29. The quantitative estimate of drug-likeness (QED) is 0.331. The summed E-state index contributed by atoms with van der Waals surface area (Å²) in [7, 11) is 0. The zero-order valence-corrected chi connectivity index (χ0v) is 20.3. The molecule has 0 fully saturated rings. The van der Waals surface area contributed by atoms with Gasteiger partial charge in [-0.3, -0.25) is 9.69 Å². The highest BCUT2D eigenvalue weighted by Crippen LogP contribution is 2.30. The van der Waals surface area contributed by atoms with Gasteiger partial charge in [0.2, 0.25) is 5.91 Å². The van der Waals surface area contributed by atoms with E-state index in [1.807, 2.05) is 66.7 Å². The molecule has 1 atom stereocenters. The summed E-state index contributed by atoms with van der Waals surface area (Å²) in [6, 6.07) is 21.4. The third-order valence-electron chi connectivity index (χ3n) is 6.30. The minimum atomic E-state index is -0.598. The largest absolute Gasteiger partial charge is 0.491 e. The second-order valence-corrected chi connectivity index (χ2v) is 9.44. The van der Waals surface area contributed by atoms with E-state index >= 15 is 0 Å². The number of anilines is 1. The van der Waals surface area contributed by atoms with Crippen LogP contribution in [0.4, 0.5) is 5.69 Å². The van der Waals surface area contributed by atoms with Gasteiger partial charge < -0.3 is 20.1 Å². The number of amides is 1. The second kappa shape index (κ2) is 10.1. The van der Waals surface area contributed by atoms with Crippen molar-refractivity contribution in [1.29, 1.82) is 0 Å². The van der Waals surface area contributed by atoms with Gasteiger partial charge in [-0.05, 0) is 59.2 Å². The number of ether oxygens (including phenoxy) is 1. The van der Waals surface area contributed by atoms with Crippen LogP contribution in [0.25, 0.3) is 22.0 Å². The molecular weight excluding hydrogens is 462 g/mol. The molecule has 0 spiro atoms. The molecule has 180 valence electrons. The number of β-amino-alcohol motifs (C(OH)–C–C–N with tert-alkyl or cyclic N) is 1. The SMILES string of the molecule is CC(=O)Nc1cccc(-c2ccc(OCC(O)CN3CCc4[nH]c5ccc(Cl)cc5c4C3)cc2)c1. The summed E-state index contributed by atoms with van der Waals surface area (Å²) >= 11 is 6.21. The van der Waals surface area contributed by atoms with Crippen LogP contribution in [0.5, 0.6) is 5.75 Å². The fourth-order valence-corrected chi connectivity index (χ4v) is 4.84. The molecule has 0 radical (unpaired) electrons. The minimum Gasteiger partial charge on any atom is -0.491 e. The number of hydrogen-bond donors (Lipinski definition) is 3. The highest BCUT2D eigenvalue weighted by molar-refractivity contribution is 6.31. The highest BCUT2D eigenvalue weighted by Gasteiger charge is 2.22. The Hall–Kier alpha value is -3.32. The van der Waals surface area contributed by atoms with Crippen LogP contribution in [-0.2, 0) is 17.8 Å². The van der Waals surface area contributed by atoms with Gasteiger partial charge >= 0.3 is 0 Å². The molecule has 6 nitrogen and oxygen atoms in total. The highest BCUT2D eigenvalue weighted by atomic mass is 35.5. The van der Waals surface area contributed by atoms with Crippen LogP contribution in [0.15, 0.2) is 66.7 Å². The Morgan fingerprint density at radius 3 is 2.77 bits per heavy atom. The maximum atomic E-state index is 11.3. The molecule has 7 heteroatoms. The lowest BCUT2D eigenvalue weighted by Crippen LogP contribution is -2.38. The molecule has 0 saturated heterocycles. The summed E-state index contributed by atoms with van der Waals surface area (Å²) < 4.78 is 5.86. The second-order valence-electron chi connectivity index (χ2n) is 9.01. The van der Waals surface area contributed by atoms with Crippen LogP contribution in [0.3, 0.4) is 0 Å². The summed E-state index contributed by atoms with van der Waals surface area (Å²) in [4.78, 5) is 17.1. The maximum absolute atomic E-state index is 11.3. The van der Waals surface area contributed by atoms with E-state index < -0.39 is 6.10 Å². The number of carbonyl (C=O) groups is 1. The van der Waals surface area contributed by atoms with Crippen LogP contribution in [-0.4, -0.2) is 46.7 Å². The third kappa shape index (κ3) is 5.51. The van der Waals surface area contributed by atoms with Crippen molar-refractivity contribution < 1.29 is 14.6 Å². The maximum Gasteiger partial charge on any atom is 0.221 e. The third-order valence-corrected chi connectivity index (χ3v) is 6.53. The normalized spacial score (nSPS) is 14.5. The first-order valence-corrected chi connectivity index (χ1v) is 12.1. The first-order valence-electron chi connectivity index (χ1n) is 11.7. The Balaban J connectivity index is 1.16. The molecule has 5 rings (SSSR count). The number of benzene rings is 3. The Bertz CT molecular complexity index is 1350. The summed E-state index contributed by atoms with van der Waals surface area (Å²) in [5.41, 5.74) is 6.42. The minimum absolute atomic E-state index is 0.0969. The van der Waals surface area contributed by atoms with Crippen molar-refractivity contribution in [3.63, 3.8) is 0 Å². The number of aliphatic hydroxyl groups excluding tert-OH is 1. The Morgan fingerprint density at radius 2 is 1.97 bits per heavy atom. The number of carbonyl (C=O) groups excluding carboxylic acids is 1. The first kappa shape index (κ1) is 23.4. The van der Waals surface area contributed by atoms with Gasteiger partial charge in [0.1, 0.15) is 18.5 Å². The summed E-state index contributed by atoms with van der Waals surface area (Å²) in [5, 5.41) is 15.3. The van der Waals surface area contributed by atoms with Gasteiger partial charge in [0.15, 0.2) is 0 Å². The van der Waals surface area contributed by atoms with Gasteiger partial charge in [-0.15, -0.1) is 0 Å². The molecule has 0 saturated carbocycles. The number of aliphatic hydroxyl groups is 1. The number of halogens is 1. The Kier molecular flexibility index (Phi) is 6.77. The Morgan fingerprint density at radius 1 is 1.14 bits per heavy atom. The van der Waals surface area contributed by atoms with E-state index in [2.05, 4.69) is 15.2 Å². The number of aromatic amines is 1. The predicted molar refractivity (Wildman–Crippen MR) is 140 cm³/mol. The molecule has 1 aliphatic rings. The molecule has 0 aliphatic carbocycles. The number of hydrogen-bond acceptors (Lipinski definition) is 4. The number of nitrogens with zero attached hydrogens (tertiary/aromatic N) is 1. The molecule has 2 heterocycles. The van der Waals surface area contributed by atoms with E-state index in [9.17, 15) is 9.90 Å². The van der Waals surface area contributed by atoms with Crippen molar-refractivity contribution in [2.24, 2.45) is 0 Å². The monoisotopic (exact) mass is 489 g/mol. The van der Waals surface area contributed by atoms with Crippen molar-refractivity contribution in [3.8, 4) is 16.9 Å². The summed E-state index contributed by atoms with van der Waals surface area (Å²) in [6.45, 7) is 3.92. The summed E-state index contributed by atoms with van der Waals surface area (Å²) in [5.74, 6) is 0.610. The molecule has 35 heavy (non-hydrogen) atoms.